The predicted octanol–water partition coefficient (Wildman–Crippen LogP) is 2.92. The first kappa shape index (κ1) is 21.3. The highest BCUT2D eigenvalue weighted by Crippen LogP contribution is 2.28. The average Bonchev–Trinajstić information content (AvgIpc) is 2.82. The smallest absolute Gasteiger partial charge is 0.250 e. The summed E-state index contributed by atoms with van der Waals surface area (Å²) in [5, 5.41) is 17.6. The molecule has 1 fully saturated rings. The van der Waals surface area contributed by atoms with Crippen LogP contribution in [0.1, 0.15) is 11.1 Å². The number of benzene rings is 2. The van der Waals surface area contributed by atoms with Crippen LogP contribution in [0.3, 0.4) is 0 Å². The van der Waals surface area contributed by atoms with Crippen LogP contribution < -0.4 is 20.4 Å². The van der Waals surface area contributed by atoms with Gasteiger partial charge in [0.15, 0.2) is 11.5 Å². The Kier molecular flexibility index (Phi) is 6.61. The van der Waals surface area contributed by atoms with E-state index < -0.39 is 0 Å². The third kappa shape index (κ3) is 5.22. The van der Waals surface area contributed by atoms with Crippen LogP contribution in [0.2, 0.25) is 0 Å². The summed E-state index contributed by atoms with van der Waals surface area (Å²) in [4.78, 5) is 15.5. The number of phenols is 1. The lowest BCUT2D eigenvalue weighted by Crippen LogP contribution is -2.37. The molecule has 0 unspecified atom stereocenters. The van der Waals surface area contributed by atoms with Gasteiger partial charge in [-0.15, -0.1) is 0 Å². The van der Waals surface area contributed by atoms with Gasteiger partial charge >= 0.3 is 0 Å². The van der Waals surface area contributed by atoms with Gasteiger partial charge in [0.2, 0.25) is 17.8 Å². The highest BCUT2D eigenvalue weighted by atomic mass is 16.5. The topological polar surface area (TPSA) is 117 Å². The van der Waals surface area contributed by atoms with Crippen LogP contribution in [0.25, 0.3) is 0 Å². The second-order valence-electron chi connectivity index (χ2n) is 7.14. The molecular formula is C22H25N7O3. The van der Waals surface area contributed by atoms with Gasteiger partial charge in [-0.2, -0.15) is 20.1 Å². The van der Waals surface area contributed by atoms with E-state index >= 15 is 0 Å². The van der Waals surface area contributed by atoms with Crippen molar-refractivity contribution < 1.29 is 14.6 Å². The van der Waals surface area contributed by atoms with E-state index in [4.69, 9.17) is 9.47 Å². The van der Waals surface area contributed by atoms with E-state index in [2.05, 4.69) is 30.8 Å². The number of anilines is 4. The number of methoxy groups -OCH3 is 1. The maximum absolute atomic E-state index is 10.2. The van der Waals surface area contributed by atoms with Gasteiger partial charge in [-0.25, -0.2) is 5.43 Å². The van der Waals surface area contributed by atoms with Gasteiger partial charge in [-0.05, 0) is 31.2 Å². The summed E-state index contributed by atoms with van der Waals surface area (Å²) in [5.41, 5.74) is 5.36. The first-order chi connectivity index (χ1) is 15.6. The van der Waals surface area contributed by atoms with Crippen LogP contribution in [-0.2, 0) is 4.74 Å². The molecule has 1 aliphatic rings. The summed E-state index contributed by atoms with van der Waals surface area (Å²) in [7, 11) is 1.49. The SMILES string of the molecule is COc1cccc(/C=N/Nc2nc(Nc3ccc(C)cc3)nc(N3CCOCC3)n2)c1O. The zero-order valence-corrected chi connectivity index (χ0v) is 17.9. The van der Waals surface area contributed by atoms with Gasteiger partial charge in [-0.1, -0.05) is 23.8 Å². The second kappa shape index (κ2) is 9.92. The lowest BCUT2D eigenvalue weighted by Gasteiger charge is -2.27. The molecular weight excluding hydrogens is 410 g/mol. The molecule has 0 aliphatic carbocycles. The summed E-state index contributed by atoms with van der Waals surface area (Å²) >= 11 is 0. The summed E-state index contributed by atoms with van der Waals surface area (Å²) in [6, 6.07) is 13.1. The molecule has 0 bridgehead atoms. The minimum Gasteiger partial charge on any atom is -0.504 e. The molecule has 1 aliphatic heterocycles. The minimum atomic E-state index is 0.00642. The van der Waals surface area contributed by atoms with Crippen molar-refractivity contribution in [2.24, 2.45) is 5.10 Å². The largest absolute Gasteiger partial charge is 0.504 e. The molecule has 0 radical (unpaired) electrons. The normalized spacial score (nSPS) is 13.9. The van der Waals surface area contributed by atoms with Gasteiger partial charge in [0.05, 0.1) is 26.5 Å². The van der Waals surface area contributed by atoms with Gasteiger partial charge < -0.3 is 24.8 Å². The van der Waals surface area contributed by atoms with Crippen molar-refractivity contribution in [3.8, 4) is 11.5 Å². The van der Waals surface area contributed by atoms with Crippen molar-refractivity contribution in [3.05, 3.63) is 53.6 Å². The molecule has 3 N–H and O–H groups in total. The molecule has 0 amide bonds. The van der Waals surface area contributed by atoms with Crippen LogP contribution in [-0.4, -0.2) is 59.7 Å². The van der Waals surface area contributed by atoms with Crippen molar-refractivity contribution in [2.75, 3.05) is 49.1 Å². The number of nitrogens with one attached hydrogen (secondary N) is 2. The number of aromatic hydroxyl groups is 1. The fourth-order valence-corrected chi connectivity index (χ4v) is 3.11. The molecule has 0 atom stereocenters. The summed E-state index contributed by atoms with van der Waals surface area (Å²) in [5.74, 6) is 1.57. The average molecular weight is 435 g/mol. The van der Waals surface area contributed by atoms with E-state index in [9.17, 15) is 5.11 Å². The highest BCUT2D eigenvalue weighted by molar-refractivity contribution is 5.85. The molecule has 1 saturated heterocycles. The maximum atomic E-state index is 10.2. The van der Waals surface area contributed by atoms with Crippen LogP contribution in [0.5, 0.6) is 11.5 Å². The Morgan fingerprint density at radius 1 is 1.06 bits per heavy atom. The first-order valence-corrected chi connectivity index (χ1v) is 10.2. The minimum absolute atomic E-state index is 0.00642. The molecule has 1 aromatic heterocycles. The van der Waals surface area contributed by atoms with E-state index in [1.807, 2.05) is 36.1 Å². The fourth-order valence-electron chi connectivity index (χ4n) is 3.11. The number of hydrogen-bond donors (Lipinski definition) is 3. The number of para-hydroxylation sites is 1. The van der Waals surface area contributed by atoms with E-state index in [-0.39, 0.29) is 11.7 Å². The van der Waals surface area contributed by atoms with Gasteiger partial charge in [-0.3, -0.25) is 0 Å². The molecule has 3 aromatic rings. The zero-order valence-electron chi connectivity index (χ0n) is 17.9. The Bertz CT molecular complexity index is 1080. The fraction of sp³-hybridized carbons (Fsp3) is 0.273. The zero-order chi connectivity index (χ0) is 22.3. The summed E-state index contributed by atoms with van der Waals surface area (Å²) in [6.45, 7) is 4.64. The van der Waals surface area contributed by atoms with Crippen molar-refractivity contribution in [2.45, 2.75) is 6.92 Å². The number of aryl methyl sites for hydroxylation is 1. The number of phenolic OH excluding ortho intramolecular Hbond substituents is 1. The number of rotatable bonds is 7. The highest BCUT2D eigenvalue weighted by Gasteiger charge is 2.17. The first-order valence-electron chi connectivity index (χ1n) is 10.2. The van der Waals surface area contributed by atoms with Crippen molar-refractivity contribution in [1.82, 2.24) is 15.0 Å². The molecule has 0 spiro atoms. The van der Waals surface area contributed by atoms with E-state index in [0.717, 1.165) is 11.3 Å². The Morgan fingerprint density at radius 2 is 1.81 bits per heavy atom. The van der Waals surface area contributed by atoms with E-state index in [0.29, 0.717) is 49.5 Å². The number of hydrogen-bond acceptors (Lipinski definition) is 10. The maximum Gasteiger partial charge on any atom is 0.250 e. The lowest BCUT2D eigenvalue weighted by atomic mass is 10.2. The Labute approximate surface area is 185 Å². The Balaban J connectivity index is 1.57. The van der Waals surface area contributed by atoms with Crippen molar-refractivity contribution >= 4 is 29.7 Å². The molecule has 0 saturated carbocycles. The van der Waals surface area contributed by atoms with Gasteiger partial charge in [0, 0.05) is 24.3 Å². The van der Waals surface area contributed by atoms with Crippen molar-refractivity contribution in [3.63, 3.8) is 0 Å². The molecule has 4 rings (SSSR count). The molecule has 166 valence electrons. The number of ether oxygens (including phenoxy) is 2. The molecule has 2 aromatic carbocycles. The quantitative estimate of drug-likeness (QED) is 0.380. The summed E-state index contributed by atoms with van der Waals surface area (Å²) in [6.07, 6.45) is 1.48. The molecule has 10 nitrogen and oxygen atoms in total. The second-order valence-corrected chi connectivity index (χ2v) is 7.14. The third-order valence-corrected chi connectivity index (χ3v) is 4.84. The van der Waals surface area contributed by atoms with Gasteiger partial charge in [0.25, 0.3) is 0 Å². The van der Waals surface area contributed by atoms with Crippen LogP contribution in [0, 0.1) is 6.92 Å². The molecule has 2 heterocycles. The van der Waals surface area contributed by atoms with Crippen LogP contribution in [0.4, 0.5) is 23.5 Å². The number of nitrogens with zero attached hydrogens (tertiary/aromatic N) is 5. The van der Waals surface area contributed by atoms with Crippen molar-refractivity contribution in [1.29, 1.82) is 0 Å². The predicted molar refractivity (Wildman–Crippen MR) is 123 cm³/mol. The number of aromatic nitrogens is 3. The number of hydrazone groups is 1. The number of morpholine rings is 1. The lowest BCUT2D eigenvalue weighted by molar-refractivity contribution is 0.122. The monoisotopic (exact) mass is 435 g/mol. The van der Waals surface area contributed by atoms with E-state index in [1.165, 1.54) is 13.3 Å². The van der Waals surface area contributed by atoms with Crippen LogP contribution >= 0.6 is 0 Å². The Morgan fingerprint density at radius 3 is 2.56 bits per heavy atom. The third-order valence-electron chi connectivity index (χ3n) is 4.84. The summed E-state index contributed by atoms with van der Waals surface area (Å²) < 4.78 is 10.6. The molecule has 32 heavy (non-hydrogen) atoms. The standard InChI is InChI=1S/C22H25N7O3/c1-15-6-8-17(9-7-15)24-20-25-21(27-22(26-20)29-10-12-32-13-11-29)28-23-14-16-4-3-5-18(31-2)19(16)30/h3-9,14,30H,10-13H2,1-2H3,(H2,24,25,26,27,28)/b23-14+. The molecule has 10 heteroatoms. The van der Waals surface area contributed by atoms with Gasteiger partial charge in [0.1, 0.15) is 0 Å². The van der Waals surface area contributed by atoms with Crippen LogP contribution in [0.15, 0.2) is 47.6 Å². The Hall–Kier alpha value is -3.92. The van der Waals surface area contributed by atoms with E-state index in [1.54, 1.807) is 18.2 Å².